The number of nitrogens with zero attached hydrogens (tertiary/aromatic N) is 2. The number of rotatable bonds is 4. The predicted molar refractivity (Wildman–Crippen MR) is 72.1 cm³/mol. The van der Waals surface area contributed by atoms with Gasteiger partial charge in [-0.3, -0.25) is 10.1 Å². The number of nitrogens with one attached hydrogen (secondary N) is 1. The summed E-state index contributed by atoms with van der Waals surface area (Å²) in [6.45, 7) is 1.30. The quantitative estimate of drug-likeness (QED) is 0.914. The maximum absolute atomic E-state index is 12.0. The zero-order valence-electron chi connectivity index (χ0n) is 11.6. The van der Waals surface area contributed by atoms with Gasteiger partial charge in [-0.05, 0) is 31.6 Å². The van der Waals surface area contributed by atoms with Gasteiger partial charge in [-0.1, -0.05) is 17.9 Å². The molecule has 0 radical (unpaired) electrons. The van der Waals surface area contributed by atoms with Crippen LogP contribution in [-0.4, -0.2) is 29.3 Å². The summed E-state index contributed by atoms with van der Waals surface area (Å²) in [4.78, 5) is 12.0. The van der Waals surface area contributed by atoms with Crippen LogP contribution in [0.15, 0.2) is 4.42 Å². The molecule has 0 aromatic carbocycles. The summed E-state index contributed by atoms with van der Waals surface area (Å²) < 4.78 is 10.8. The van der Waals surface area contributed by atoms with Crippen molar-refractivity contribution in [3.05, 3.63) is 5.89 Å². The predicted octanol–water partition coefficient (Wildman–Crippen LogP) is 2.17. The highest BCUT2D eigenvalue weighted by molar-refractivity contribution is 5.90. The molecule has 2 fully saturated rings. The van der Waals surface area contributed by atoms with Crippen molar-refractivity contribution in [1.82, 2.24) is 10.2 Å². The fraction of sp³-hybridized carbons (Fsp3) is 0.786. The topological polar surface area (TPSA) is 77.3 Å². The summed E-state index contributed by atoms with van der Waals surface area (Å²) in [5.74, 6) is 1.26. The molecule has 1 saturated carbocycles. The average Bonchev–Trinajstić information content (AvgIpc) is 3.12. The lowest BCUT2D eigenvalue weighted by atomic mass is 10.00. The minimum absolute atomic E-state index is 0.00562. The molecule has 1 aromatic heterocycles. The molecule has 2 aliphatic rings. The molecule has 3 rings (SSSR count). The zero-order valence-corrected chi connectivity index (χ0v) is 11.6. The third-order valence-electron chi connectivity index (χ3n) is 4.23. The molecule has 110 valence electrons. The van der Waals surface area contributed by atoms with E-state index in [-0.39, 0.29) is 17.8 Å². The Balaban J connectivity index is 1.52. The molecular formula is C14H21N3O3. The van der Waals surface area contributed by atoms with E-state index >= 15 is 0 Å². The molecule has 0 unspecified atom stereocenters. The second kappa shape index (κ2) is 6.35. The van der Waals surface area contributed by atoms with Crippen LogP contribution in [0.25, 0.3) is 0 Å². The fourth-order valence-corrected chi connectivity index (χ4v) is 3.02. The van der Waals surface area contributed by atoms with Crippen LogP contribution in [0.3, 0.4) is 0 Å². The van der Waals surface area contributed by atoms with Crippen molar-refractivity contribution in [3.8, 4) is 0 Å². The lowest BCUT2D eigenvalue weighted by Crippen LogP contribution is -2.28. The first kappa shape index (κ1) is 13.5. The lowest BCUT2D eigenvalue weighted by Gasteiger charge is -2.20. The molecule has 0 spiro atoms. The zero-order chi connectivity index (χ0) is 13.8. The number of aromatic nitrogens is 2. The van der Waals surface area contributed by atoms with Gasteiger partial charge in [0.1, 0.15) is 0 Å². The minimum atomic E-state index is -0.0376. The molecule has 1 N–H and O–H groups in total. The normalized spacial score (nSPS) is 21.2. The van der Waals surface area contributed by atoms with Crippen LogP contribution >= 0.6 is 0 Å². The van der Waals surface area contributed by atoms with Crippen molar-refractivity contribution < 1.29 is 13.9 Å². The van der Waals surface area contributed by atoms with Crippen LogP contribution in [0.4, 0.5) is 6.01 Å². The largest absolute Gasteiger partial charge is 0.408 e. The van der Waals surface area contributed by atoms with E-state index in [0.717, 1.165) is 19.3 Å². The van der Waals surface area contributed by atoms with Crippen molar-refractivity contribution >= 4 is 11.9 Å². The summed E-state index contributed by atoms with van der Waals surface area (Å²) in [6, 6.07) is 0.231. The van der Waals surface area contributed by atoms with Gasteiger partial charge in [0.15, 0.2) is 0 Å². The van der Waals surface area contributed by atoms with Crippen molar-refractivity contribution in [2.24, 2.45) is 11.8 Å². The first-order valence-corrected chi connectivity index (χ1v) is 7.52. The van der Waals surface area contributed by atoms with Gasteiger partial charge in [-0.15, -0.1) is 5.10 Å². The Hall–Kier alpha value is -1.43. The molecule has 0 bridgehead atoms. The molecule has 2 heterocycles. The van der Waals surface area contributed by atoms with Gasteiger partial charge in [-0.2, -0.15) is 0 Å². The monoisotopic (exact) mass is 279 g/mol. The highest BCUT2D eigenvalue weighted by atomic mass is 16.5. The number of carbonyl (C=O) groups is 1. The molecule has 1 saturated heterocycles. The van der Waals surface area contributed by atoms with Gasteiger partial charge < -0.3 is 9.15 Å². The van der Waals surface area contributed by atoms with Crippen molar-refractivity contribution in [2.45, 2.75) is 44.9 Å². The van der Waals surface area contributed by atoms with E-state index in [4.69, 9.17) is 9.15 Å². The third-order valence-corrected chi connectivity index (χ3v) is 4.23. The van der Waals surface area contributed by atoms with E-state index in [1.54, 1.807) is 0 Å². The molecule has 1 aliphatic carbocycles. The number of amides is 1. The van der Waals surface area contributed by atoms with E-state index < -0.39 is 0 Å². The second-order valence-corrected chi connectivity index (χ2v) is 5.73. The van der Waals surface area contributed by atoms with Crippen LogP contribution in [0.5, 0.6) is 0 Å². The minimum Gasteiger partial charge on any atom is -0.408 e. The fourth-order valence-electron chi connectivity index (χ4n) is 3.02. The number of hydrogen-bond donors (Lipinski definition) is 1. The molecule has 6 nitrogen and oxygen atoms in total. The highest BCUT2D eigenvalue weighted by Gasteiger charge is 2.24. The standard InChI is InChI=1S/C14H21N3O3/c18-13(11-5-7-19-8-6-11)15-14-17-16-12(20-14)9-10-3-1-2-4-10/h10-11H,1-9H2,(H,15,17,18). The van der Waals surface area contributed by atoms with Gasteiger partial charge in [0, 0.05) is 25.6 Å². The Morgan fingerprint density at radius 2 is 1.90 bits per heavy atom. The Bertz CT molecular complexity index is 448. The van der Waals surface area contributed by atoms with E-state index in [9.17, 15) is 4.79 Å². The smallest absolute Gasteiger partial charge is 0.322 e. The van der Waals surface area contributed by atoms with Crippen LogP contribution in [0, 0.1) is 11.8 Å². The van der Waals surface area contributed by atoms with E-state index in [0.29, 0.717) is 25.0 Å². The molecule has 1 aliphatic heterocycles. The maximum atomic E-state index is 12.0. The van der Waals surface area contributed by atoms with E-state index in [1.165, 1.54) is 25.7 Å². The van der Waals surface area contributed by atoms with Crippen molar-refractivity contribution in [2.75, 3.05) is 18.5 Å². The van der Waals surface area contributed by atoms with E-state index in [1.807, 2.05) is 0 Å². The summed E-state index contributed by atoms with van der Waals surface area (Å²) in [5.41, 5.74) is 0. The molecule has 6 heteroatoms. The van der Waals surface area contributed by atoms with E-state index in [2.05, 4.69) is 15.5 Å². The SMILES string of the molecule is O=C(Nc1nnc(CC2CCCC2)o1)C1CCOCC1. The lowest BCUT2D eigenvalue weighted by molar-refractivity contribution is -0.122. The van der Waals surface area contributed by atoms with Crippen molar-refractivity contribution in [1.29, 1.82) is 0 Å². The van der Waals surface area contributed by atoms with Crippen molar-refractivity contribution in [3.63, 3.8) is 0 Å². The van der Waals surface area contributed by atoms with Crippen LogP contribution in [0.2, 0.25) is 0 Å². The Morgan fingerprint density at radius 3 is 2.65 bits per heavy atom. The van der Waals surface area contributed by atoms with Crippen LogP contribution in [-0.2, 0) is 16.0 Å². The Morgan fingerprint density at radius 1 is 1.15 bits per heavy atom. The first-order chi connectivity index (χ1) is 9.81. The Labute approximate surface area is 118 Å². The number of hydrogen-bond acceptors (Lipinski definition) is 5. The first-order valence-electron chi connectivity index (χ1n) is 7.52. The molecule has 1 amide bonds. The summed E-state index contributed by atoms with van der Waals surface area (Å²) in [6.07, 6.45) is 7.43. The third kappa shape index (κ3) is 3.36. The number of ether oxygens (including phenoxy) is 1. The summed E-state index contributed by atoms with van der Waals surface area (Å²) >= 11 is 0. The summed E-state index contributed by atoms with van der Waals surface area (Å²) in [5, 5.41) is 10.7. The number of anilines is 1. The Kier molecular flexibility index (Phi) is 4.30. The van der Waals surface area contributed by atoms with Gasteiger partial charge >= 0.3 is 6.01 Å². The van der Waals surface area contributed by atoms with Crippen LogP contribution in [0.1, 0.15) is 44.4 Å². The molecule has 1 aromatic rings. The number of carbonyl (C=O) groups excluding carboxylic acids is 1. The second-order valence-electron chi connectivity index (χ2n) is 5.73. The van der Waals surface area contributed by atoms with Gasteiger partial charge in [0.05, 0.1) is 0 Å². The average molecular weight is 279 g/mol. The molecular weight excluding hydrogens is 258 g/mol. The van der Waals surface area contributed by atoms with Gasteiger partial charge in [-0.25, -0.2) is 0 Å². The molecule has 20 heavy (non-hydrogen) atoms. The van der Waals surface area contributed by atoms with Gasteiger partial charge in [0.25, 0.3) is 0 Å². The summed E-state index contributed by atoms with van der Waals surface area (Å²) in [7, 11) is 0. The maximum Gasteiger partial charge on any atom is 0.322 e. The highest BCUT2D eigenvalue weighted by Crippen LogP contribution is 2.28. The molecule has 0 atom stereocenters. The van der Waals surface area contributed by atoms with Gasteiger partial charge in [0.2, 0.25) is 11.8 Å². The van der Waals surface area contributed by atoms with Crippen LogP contribution < -0.4 is 5.32 Å².